The molecule has 9 nitrogen and oxygen atoms in total. The second kappa shape index (κ2) is 73.2. The van der Waals surface area contributed by atoms with Gasteiger partial charge in [0.05, 0.1) is 13.2 Å². The SMILES string of the molecule is CC/C=C\C/C=C\C/C=C\C/C=C\C/C=C\C/C=C\CCCCCCCCCCCCCCCCCCC(=O)OC(COC(=O)CCCCCCCCCCCCCCCCCCC/C=C\C/C=C\C/C=C\C/C=C\C/C=C\CC)COP(=O)(O)OCCN. The van der Waals surface area contributed by atoms with E-state index in [2.05, 4.69) is 148 Å². The Morgan fingerprint density at radius 3 is 0.865 bits per heavy atom. The van der Waals surface area contributed by atoms with Gasteiger partial charge in [-0.05, 0) is 109 Å². The van der Waals surface area contributed by atoms with Gasteiger partial charge in [0.1, 0.15) is 6.61 Å². The summed E-state index contributed by atoms with van der Waals surface area (Å²) in [6.45, 7) is 3.55. The summed E-state index contributed by atoms with van der Waals surface area (Å²) < 4.78 is 33.2. The molecule has 0 rings (SSSR count). The minimum Gasteiger partial charge on any atom is -0.462 e. The minimum atomic E-state index is -4.40. The number of hydrogen-bond acceptors (Lipinski definition) is 8. The first-order valence-corrected chi connectivity index (χ1v) is 38.2. The van der Waals surface area contributed by atoms with Crippen molar-refractivity contribution in [1.29, 1.82) is 0 Å². The van der Waals surface area contributed by atoms with E-state index >= 15 is 0 Å². The van der Waals surface area contributed by atoms with Crippen molar-refractivity contribution in [2.24, 2.45) is 5.73 Å². The maximum atomic E-state index is 12.8. The average Bonchev–Trinajstić information content (AvgIpc) is 3.66. The van der Waals surface area contributed by atoms with Gasteiger partial charge in [0.15, 0.2) is 6.10 Å². The fraction of sp³-hybridized carbons (Fsp3) is 0.696. The van der Waals surface area contributed by atoms with Gasteiger partial charge >= 0.3 is 19.8 Å². The monoisotopic (exact) mass is 1260 g/mol. The minimum absolute atomic E-state index is 0.0501. The molecule has 0 aliphatic rings. The number of carbonyl (C=O) groups is 2. The predicted molar refractivity (Wildman–Crippen MR) is 385 cm³/mol. The lowest BCUT2D eigenvalue weighted by molar-refractivity contribution is -0.161. The Morgan fingerprint density at radius 1 is 0.337 bits per heavy atom. The van der Waals surface area contributed by atoms with Gasteiger partial charge in [0, 0.05) is 19.4 Å². The number of allylic oxidation sites excluding steroid dienone is 22. The van der Waals surface area contributed by atoms with E-state index < -0.39 is 26.5 Å². The number of rotatable bonds is 68. The molecule has 0 amide bonds. The molecular weight excluding hydrogens is 1120 g/mol. The topological polar surface area (TPSA) is 134 Å². The van der Waals surface area contributed by atoms with Crippen LogP contribution in [0.3, 0.4) is 0 Å². The summed E-state index contributed by atoms with van der Waals surface area (Å²) in [5, 5.41) is 0. The molecule has 0 aromatic carbocycles. The number of phosphoric acid groups is 1. The van der Waals surface area contributed by atoms with Crippen LogP contribution in [0.1, 0.15) is 322 Å². The number of esters is 2. The Labute approximate surface area is 548 Å². The highest BCUT2D eigenvalue weighted by Crippen LogP contribution is 2.43. The Balaban J connectivity index is 3.86. The van der Waals surface area contributed by atoms with Crippen molar-refractivity contribution >= 4 is 19.8 Å². The molecule has 0 fully saturated rings. The van der Waals surface area contributed by atoms with E-state index in [0.29, 0.717) is 6.42 Å². The first-order valence-electron chi connectivity index (χ1n) is 36.7. The van der Waals surface area contributed by atoms with Crippen molar-refractivity contribution in [2.75, 3.05) is 26.4 Å². The van der Waals surface area contributed by atoms with Crippen LogP contribution in [0.4, 0.5) is 0 Å². The molecule has 0 aliphatic heterocycles. The number of carbonyl (C=O) groups excluding carboxylic acids is 2. The first kappa shape index (κ1) is 85.2. The quantitative estimate of drug-likeness (QED) is 0.0264. The summed E-state index contributed by atoms with van der Waals surface area (Å²) >= 11 is 0. The molecule has 0 spiro atoms. The van der Waals surface area contributed by atoms with E-state index in [1.54, 1.807) is 0 Å². The molecule has 0 saturated carbocycles. The van der Waals surface area contributed by atoms with E-state index in [1.165, 1.54) is 180 Å². The van der Waals surface area contributed by atoms with Gasteiger partial charge in [0.25, 0.3) is 0 Å². The Kier molecular flexibility index (Phi) is 70.0. The van der Waals surface area contributed by atoms with Crippen molar-refractivity contribution in [3.05, 3.63) is 134 Å². The summed E-state index contributed by atoms with van der Waals surface area (Å²) in [6.07, 6.45) is 104. The molecule has 0 bridgehead atoms. The Morgan fingerprint density at radius 2 is 0.584 bits per heavy atom. The van der Waals surface area contributed by atoms with Crippen LogP contribution in [0.15, 0.2) is 134 Å². The zero-order valence-corrected chi connectivity index (χ0v) is 58.3. The van der Waals surface area contributed by atoms with Gasteiger partial charge in [-0.3, -0.25) is 18.6 Å². The summed E-state index contributed by atoms with van der Waals surface area (Å²) in [4.78, 5) is 35.4. The Bertz CT molecular complexity index is 1920. The van der Waals surface area contributed by atoms with Crippen LogP contribution in [0.2, 0.25) is 0 Å². The van der Waals surface area contributed by atoms with Crippen molar-refractivity contribution in [2.45, 2.75) is 328 Å². The lowest BCUT2D eigenvalue weighted by Gasteiger charge is -2.19. The molecule has 89 heavy (non-hydrogen) atoms. The molecule has 2 atom stereocenters. The van der Waals surface area contributed by atoms with E-state index in [0.717, 1.165) is 109 Å². The molecule has 0 radical (unpaired) electrons. The highest BCUT2D eigenvalue weighted by molar-refractivity contribution is 7.47. The maximum absolute atomic E-state index is 12.8. The van der Waals surface area contributed by atoms with Crippen LogP contribution in [-0.2, 0) is 32.7 Å². The van der Waals surface area contributed by atoms with Gasteiger partial charge < -0.3 is 20.1 Å². The second-order valence-corrected chi connectivity index (χ2v) is 25.5. The fourth-order valence-corrected chi connectivity index (χ4v) is 11.0. The average molecular weight is 1260 g/mol. The van der Waals surface area contributed by atoms with Gasteiger partial charge in [-0.25, -0.2) is 4.57 Å². The van der Waals surface area contributed by atoms with E-state index in [1.807, 2.05) is 0 Å². The van der Waals surface area contributed by atoms with E-state index in [9.17, 15) is 19.0 Å². The van der Waals surface area contributed by atoms with Gasteiger partial charge in [-0.2, -0.15) is 0 Å². The molecular formula is C79H136NO8P. The lowest BCUT2D eigenvalue weighted by atomic mass is 10.0. The third-order valence-corrected chi connectivity index (χ3v) is 16.5. The van der Waals surface area contributed by atoms with E-state index in [-0.39, 0.29) is 38.6 Å². The second-order valence-electron chi connectivity index (χ2n) is 24.0. The first-order chi connectivity index (χ1) is 43.8. The molecule has 0 aromatic rings. The largest absolute Gasteiger partial charge is 0.472 e. The molecule has 0 aromatic heterocycles. The standard InChI is InChI=1S/C79H136NO8P/c1-3-5-7-9-11-13-15-17-19-21-23-25-27-29-31-33-35-37-38-40-42-44-46-48-50-52-54-56-58-60-62-64-66-68-70-72-79(82)88-77(76-87-89(83,84)86-74-73-80)75-85-78(81)71-69-67-65-63-61-59-57-55-53-51-49-47-45-43-41-39-36-34-32-30-28-26-24-22-20-18-16-14-12-10-8-6-4-2/h5-8,11-14,17-20,23-26,29-32,35,37,77H,3-4,9-10,15-16,21-22,27-28,33-34,36,38-76,80H2,1-2H3,(H,83,84)/b7-5-,8-6-,13-11-,14-12-,19-17-,20-18-,25-23-,26-24-,31-29-,32-30-,37-35-. The zero-order chi connectivity index (χ0) is 64.4. The zero-order valence-electron chi connectivity index (χ0n) is 57.4. The number of phosphoric ester groups is 1. The predicted octanol–water partition coefficient (Wildman–Crippen LogP) is 24.4. The molecule has 0 saturated heterocycles. The van der Waals surface area contributed by atoms with Crippen LogP contribution in [0.5, 0.6) is 0 Å². The highest BCUT2D eigenvalue weighted by Gasteiger charge is 2.26. The van der Waals surface area contributed by atoms with Gasteiger partial charge in [-0.15, -0.1) is 0 Å². The molecule has 0 heterocycles. The summed E-state index contributed by atoms with van der Waals surface area (Å²) in [5.41, 5.74) is 5.41. The molecule has 2 unspecified atom stereocenters. The van der Waals surface area contributed by atoms with Crippen molar-refractivity contribution in [3.63, 3.8) is 0 Å². The summed E-state index contributed by atoms with van der Waals surface area (Å²) in [7, 11) is -4.40. The molecule has 10 heteroatoms. The van der Waals surface area contributed by atoms with Crippen molar-refractivity contribution < 1.29 is 37.6 Å². The van der Waals surface area contributed by atoms with Crippen LogP contribution < -0.4 is 5.73 Å². The Hall–Kier alpha value is -3.85. The highest BCUT2D eigenvalue weighted by atomic mass is 31.2. The van der Waals surface area contributed by atoms with Crippen LogP contribution in [0.25, 0.3) is 0 Å². The number of nitrogens with two attached hydrogens (primary N) is 1. The third-order valence-electron chi connectivity index (χ3n) is 15.5. The number of ether oxygens (including phenoxy) is 2. The van der Waals surface area contributed by atoms with Crippen LogP contribution >= 0.6 is 7.82 Å². The lowest BCUT2D eigenvalue weighted by Crippen LogP contribution is -2.29. The molecule has 0 aliphatic carbocycles. The summed E-state index contributed by atoms with van der Waals surface area (Å²) in [5.74, 6) is -0.820. The molecule has 510 valence electrons. The number of hydrogen-bond donors (Lipinski definition) is 2. The van der Waals surface area contributed by atoms with Gasteiger partial charge in [-0.1, -0.05) is 334 Å². The fourth-order valence-electron chi connectivity index (χ4n) is 10.2. The van der Waals surface area contributed by atoms with Gasteiger partial charge in [0.2, 0.25) is 0 Å². The van der Waals surface area contributed by atoms with Crippen molar-refractivity contribution in [1.82, 2.24) is 0 Å². The maximum Gasteiger partial charge on any atom is 0.472 e. The normalized spacial score (nSPS) is 13.7. The van der Waals surface area contributed by atoms with E-state index in [4.69, 9.17) is 24.3 Å². The third kappa shape index (κ3) is 73.1. The van der Waals surface area contributed by atoms with Crippen LogP contribution in [-0.4, -0.2) is 49.3 Å². The van der Waals surface area contributed by atoms with Crippen molar-refractivity contribution in [3.8, 4) is 0 Å². The number of unbranched alkanes of at least 4 members (excludes halogenated alkanes) is 33. The smallest absolute Gasteiger partial charge is 0.462 e. The van der Waals surface area contributed by atoms with Crippen LogP contribution in [0, 0.1) is 0 Å². The molecule has 3 N–H and O–H groups in total. The summed E-state index contributed by atoms with van der Waals surface area (Å²) in [6, 6.07) is 0.